The summed E-state index contributed by atoms with van der Waals surface area (Å²) in [5, 5.41) is 4.11. The fourth-order valence-corrected chi connectivity index (χ4v) is 8.67. The van der Waals surface area contributed by atoms with Gasteiger partial charge in [0, 0.05) is 47.9 Å². The average molecular weight is 675 g/mol. The van der Waals surface area contributed by atoms with E-state index in [0.29, 0.717) is 47.0 Å². The number of aromatic nitrogens is 5. The number of amides is 2. The zero-order valence-electron chi connectivity index (χ0n) is 28.7. The van der Waals surface area contributed by atoms with Crippen LogP contribution in [0.2, 0.25) is 0 Å². The number of hydrogen-bond acceptors (Lipinski definition) is 6. The van der Waals surface area contributed by atoms with E-state index in [9.17, 15) is 9.59 Å². The molecule has 0 radical (unpaired) electrons. The SMILES string of the molecule is Cc1ccc2c(n1)CCCCCn1c(-c3nc4cc(C(=O)N5C[C@H](N)[C@@H]6CC[C@H]5C6)cc(F)c4n3C3CC3)cc3ccc(nc31)C(C)NC2=O. The molecule has 6 heterocycles. The number of imidazole rings is 1. The van der Waals surface area contributed by atoms with Gasteiger partial charge in [-0.15, -0.1) is 0 Å². The minimum absolute atomic E-state index is 0.0400. The number of fused-ring (bicyclic) bond motifs is 5. The number of likely N-dealkylation sites (tertiary alicyclic amines) is 1. The molecular weight excluding hydrogens is 631 g/mol. The fraction of sp³-hybridized carbons (Fsp3) is 0.462. The summed E-state index contributed by atoms with van der Waals surface area (Å²) in [4.78, 5) is 44.1. The quantitative estimate of drug-likeness (QED) is 0.228. The predicted molar refractivity (Wildman–Crippen MR) is 189 cm³/mol. The van der Waals surface area contributed by atoms with E-state index in [0.717, 1.165) is 91.6 Å². The molecule has 2 amide bonds. The molecule has 4 atom stereocenters. The van der Waals surface area contributed by atoms with Crippen LogP contribution in [0.3, 0.4) is 0 Å². The molecule has 10 nitrogen and oxygen atoms in total. The lowest BCUT2D eigenvalue weighted by molar-refractivity contribution is 0.0603. The first-order valence-electron chi connectivity index (χ1n) is 18.3. The number of carbonyl (C=O) groups excluding carboxylic acids is 2. The Bertz CT molecular complexity index is 2180. The first-order valence-corrected chi connectivity index (χ1v) is 18.3. The summed E-state index contributed by atoms with van der Waals surface area (Å²) in [6, 6.07) is 13.0. The average Bonchev–Trinajstić information content (AvgIpc) is 3.57. The van der Waals surface area contributed by atoms with Gasteiger partial charge in [-0.2, -0.15) is 0 Å². The molecule has 258 valence electrons. The predicted octanol–water partition coefficient (Wildman–Crippen LogP) is 6.40. The van der Waals surface area contributed by atoms with Crippen molar-refractivity contribution in [3.8, 4) is 11.5 Å². The first-order chi connectivity index (χ1) is 24.2. The summed E-state index contributed by atoms with van der Waals surface area (Å²) in [5.41, 5.74) is 12.5. The monoisotopic (exact) mass is 674 g/mol. The van der Waals surface area contributed by atoms with Crippen molar-refractivity contribution in [2.45, 2.75) is 102 Å². The van der Waals surface area contributed by atoms with Crippen molar-refractivity contribution in [2.24, 2.45) is 11.7 Å². The van der Waals surface area contributed by atoms with E-state index in [2.05, 4.69) is 20.5 Å². The van der Waals surface area contributed by atoms with Gasteiger partial charge in [0.25, 0.3) is 11.8 Å². The van der Waals surface area contributed by atoms with Crippen LogP contribution in [-0.2, 0) is 13.0 Å². The third-order valence-electron chi connectivity index (χ3n) is 11.5. The molecule has 2 saturated carbocycles. The van der Waals surface area contributed by atoms with Crippen molar-refractivity contribution in [3.63, 3.8) is 0 Å². The van der Waals surface area contributed by atoms with Gasteiger partial charge in [0.15, 0.2) is 5.82 Å². The van der Waals surface area contributed by atoms with Gasteiger partial charge in [-0.25, -0.2) is 14.4 Å². The Kier molecular flexibility index (Phi) is 7.53. The van der Waals surface area contributed by atoms with Crippen LogP contribution in [-0.4, -0.2) is 59.4 Å². The normalized spacial score (nSPS) is 24.1. The number of pyridine rings is 2. The van der Waals surface area contributed by atoms with E-state index in [1.54, 1.807) is 6.07 Å². The third kappa shape index (κ3) is 5.28. The van der Waals surface area contributed by atoms with Crippen LogP contribution >= 0.6 is 0 Å². The summed E-state index contributed by atoms with van der Waals surface area (Å²) < 4.78 is 20.5. The topological polar surface area (TPSA) is 124 Å². The number of halogens is 1. The van der Waals surface area contributed by atoms with Crippen molar-refractivity contribution < 1.29 is 14.0 Å². The van der Waals surface area contributed by atoms with E-state index in [-0.39, 0.29) is 36.0 Å². The number of nitrogens with one attached hydrogen (secondary N) is 1. The van der Waals surface area contributed by atoms with E-state index in [1.165, 1.54) is 6.07 Å². The Balaban J connectivity index is 1.12. The molecule has 9 rings (SSSR count). The van der Waals surface area contributed by atoms with Crippen molar-refractivity contribution in [1.29, 1.82) is 0 Å². The minimum atomic E-state index is -0.423. The van der Waals surface area contributed by atoms with Gasteiger partial charge in [-0.3, -0.25) is 14.6 Å². The van der Waals surface area contributed by atoms with Crippen LogP contribution in [0.4, 0.5) is 4.39 Å². The van der Waals surface area contributed by atoms with Crippen LogP contribution in [0.15, 0.2) is 42.5 Å². The van der Waals surface area contributed by atoms with Crippen molar-refractivity contribution in [1.82, 2.24) is 34.3 Å². The van der Waals surface area contributed by atoms with Crippen LogP contribution in [0.25, 0.3) is 33.6 Å². The molecule has 4 aliphatic rings. The number of piperidine rings is 1. The first kappa shape index (κ1) is 31.3. The Hall–Kier alpha value is -4.64. The molecule has 1 aromatic carbocycles. The molecule has 1 saturated heterocycles. The number of carbonyl (C=O) groups is 2. The maximum atomic E-state index is 16.3. The largest absolute Gasteiger partial charge is 0.344 e. The summed E-state index contributed by atoms with van der Waals surface area (Å²) in [6.07, 6.45) is 8.25. The molecule has 3 N–H and O–H groups in total. The Morgan fingerprint density at radius 3 is 2.66 bits per heavy atom. The molecule has 11 heteroatoms. The summed E-state index contributed by atoms with van der Waals surface area (Å²) in [5.74, 6) is 0.425. The summed E-state index contributed by atoms with van der Waals surface area (Å²) >= 11 is 0. The lowest BCUT2D eigenvalue weighted by Crippen LogP contribution is -2.51. The number of hydrogen-bond donors (Lipinski definition) is 2. The standard InChI is InChI=1S/C39H43FN8O2/c1-21-7-13-28-32(42-21)6-4-3-5-15-46-34(19-24-9-14-31(44-36(24)46)22(2)43-38(28)49)37-45-33-18-25(17-29(40)35(33)48(37)26-11-12-26)39(50)47-20-30(41)23-8-10-27(47)16-23/h7,9,13-14,17-19,22-23,26-27,30H,3-6,8,10-12,15-16,20,41H2,1-2H3,(H,43,49)/t22?,23-,27+,30+/m1/s1. The lowest BCUT2D eigenvalue weighted by Gasteiger charge is -2.37. The number of nitrogens with zero attached hydrogens (tertiary/aromatic N) is 6. The highest BCUT2D eigenvalue weighted by molar-refractivity contribution is 5.99. The fourth-order valence-electron chi connectivity index (χ4n) is 8.67. The van der Waals surface area contributed by atoms with Crippen molar-refractivity contribution in [2.75, 3.05) is 6.54 Å². The van der Waals surface area contributed by atoms with Crippen LogP contribution in [0.5, 0.6) is 0 Å². The maximum Gasteiger partial charge on any atom is 0.254 e. The third-order valence-corrected chi connectivity index (χ3v) is 11.5. The summed E-state index contributed by atoms with van der Waals surface area (Å²) in [7, 11) is 0. The Morgan fingerprint density at radius 2 is 1.82 bits per heavy atom. The zero-order valence-corrected chi connectivity index (χ0v) is 28.7. The van der Waals surface area contributed by atoms with Gasteiger partial charge >= 0.3 is 0 Å². The minimum Gasteiger partial charge on any atom is -0.344 e. The van der Waals surface area contributed by atoms with E-state index in [4.69, 9.17) is 20.7 Å². The second-order valence-corrected chi connectivity index (χ2v) is 15.0. The maximum absolute atomic E-state index is 16.3. The van der Waals surface area contributed by atoms with Crippen molar-refractivity contribution in [3.05, 3.63) is 76.5 Å². The van der Waals surface area contributed by atoms with Crippen LogP contribution < -0.4 is 11.1 Å². The molecule has 4 aromatic heterocycles. The van der Waals surface area contributed by atoms with Gasteiger partial charge in [0.1, 0.15) is 17.0 Å². The lowest BCUT2D eigenvalue weighted by atomic mass is 9.94. The Labute approximate surface area is 290 Å². The second kappa shape index (κ2) is 12.0. The number of rotatable bonds is 3. The molecular formula is C39H43FN8O2. The smallest absolute Gasteiger partial charge is 0.254 e. The Morgan fingerprint density at radius 1 is 0.980 bits per heavy atom. The number of benzene rings is 1. The zero-order chi connectivity index (χ0) is 34.3. The number of aryl methyl sites for hydroxylation is 3. The molecule has 50 heavy (non-hydrogen) atoms. The highest BCUT2D eigenvalue weighted by Crippen LogP contribution is 2.44. The molecule has 0 spiro atoms. The summed E-state index contributed by atoms with van der Waals surface area (Å²) in [6.45, 7) is 5.12. The van der Waals surface area contributed by atoms with Gasteiger partial charge < -0.3 is 25.1 Å². The van der Waals surface area contributed by atoms with Gasteiger partial charge in [-0.05, 0) is 114 Å². The van der Waals surface area contributed by atoms with E-state index >= 15 is 4.39 Å². The van der Waals surface area contributed by atoms with Crippen LogP contribution in [0.1, 0.15) is 108 Å². The molecule has 3 fully saturated rings. The molecule has 2 aliphatic carbocycles. The van der Waals surface area contributed by atoms with E-state index < -0.39 is 5.82 Å². The van der Waals surface area contributed by atoms with Crippen molar-refractivity contribution >= 4 is 33.9 Å². The second-order valence-electron chi connectivity index (χ2n) is 15.0. The highest BCUT2D eigenvalue weighted by atomic mass is 19.1. The number of nitrogens with two attached hydrogens (primary N) is 1. The van der Waals surface area contributed by atoms with Gasteiger partial charge in [-0.1, -0.05) is 6.42 Å². The molecule has 2 aliphatic heterocycles. The van der Waals surface area contributed by atoms with E-state index in [1.807, 2.05) is 43.0 Å². The molecule has 1 unspecified atom stereocenters. The van der Waals surface area contributed by atoms with Gasteiger partial charge in [0.2, 0.25) is 0 Å². The highest BCUT2D eigenvalue weighted by Gasteiger charge is 2.41. The molecule has 5 aromatic rings. The van der Waals surface area contributed by atoms with Crippen LogP contribution in [0, 0.1) is 18.7 Å². The van der Waals surface area contributed by atoms with Gasteiger partial charge in [0.05, 0.1) is 34.2 Å². The molecule has 4 bridgehead atoms.